The average molecular weight is 254 g/mol. The first-order valence-electron chi connectivity index (χ1n) is 5.89. The van der Waals surface area contributed by atoms with Crippen LogP contribution in [0.25, 0.3) is 0 Å². The number of rotatable bonds is 8. The maximum absolute atomic E-state index is 10.6. The van der Waals surface area contributed by atoms with Crippen molar-refractivity contribution in [2.45, 2.75) is 19.8 Å². The summed E-state index contributed by atoms with van der Waals surface area (Å²) >= 11 is 0. The van der Waals surface area contributed by atoms with Crippen molar-refractivity contribution in [1.29, 1.82) is 0 Å². The van der Waals surface area contributed by atoms with Gasteiger partial charge in [-0.15, -0.1) is 0 Å². The van der Waals surface area contributed by atoms with E-state index in [2.05, 4.69) is 6.92 Å². The van der Waals surface area contributed by atoms with Gasteiger partial charge in [-0.3, -0.25) is 10.1 Å². The molecule has 2 N–H and O–H groups in total. The summed E-state index contributed by atoms with van der Waals surface area (Å²) in [4.78, 5) is 10.0. The molecule has 0 aliphatic heterocycles. The van der Waals surface area contributed by atoms with Gasteiger partial charge in [0.15, 0.2) is 0 Å². The van der Waals surface area contributed by atoms with Crippen LogP contribution < -0.4 is 10.5 Å². The standard InChI is InChI=1S/C12H18N2O4/c1-2-3-6-17-7-8-18-10-4-5-12(14(15)16)11(13)9-10/h4-5,9H,2-3,6-8,13H2,1H3. The predicted molar refractivity (Wildman–Crippen MR) is 68.7 cm³/mol. The number of nitro groups is 1. The second-order valence-electron chi connectivity index (χ2n) is 3.79. The van der Waals surface area contributed by atoms with Crippen LogP contribution in [0.2, 0.25) is 0 Å². The van der Waals surface area contributed by atoms with E-state index in [0.29, 0.717) is 19.0 Å². The molecule has 1 aromatic carbocycles. The zero-order chi connectivity index (χ0) is 13.4. The molecule has 1 aromatic rings. The fraction of sp³-hybridized carbons (Fsp3) is 0.500. The lowest BCUT2D eigenvalue weighted by Crippen LogP contribution is -2.07. The highest BCUT2D eigenvalue weighted by Crippen LogP contribution is 2.25. The summed E-state index contributed by atoms with van der Waals surface area (Å²) in [6.07, 6.45) is 2.13. The molecule has 0 radical (unpaired) electrons. The van der Waals surface area contributed by atoms with E-state index in [0.717, 1.165) is 19.4 Å². The Morgan fingerprint density at radius 3 is 2.72 bits per heavy atom. The van der Waals surface area contributed by atoms with Gasteiger partial charge in [0.2, 0.25) is 0 Å². The van der Waals surface area contributed by atoms with Gasteiger partial charge in [0.1, 0.15) is 18.0 Å². The Morgan fingerprint density at radius 2 is 2.11 bits per heavy atom. The molecule has 0 bridgehead atoms. The molecule has 0 fully saturated rings. The van der Waals surface area contributed by atoms with Gasteiger partial charge in [0, 0.05) is 18.7 Å². The van der Waals surface area contributed by atoms with Crippen molar-refractivity contribution in [3.8, 4) is 5.75 Å². The van der Waals surface area contributed by atoms with Crippen LogP contribution in [-0.2, 0) is 4.74 Å². The zero-order valence-electron chi connectivity index (χ0n) is 10.4. The van der Waals surface area contributed by atoms with E-state index < -0.39 is 4.92 Å². The van der Waals surface area contributed by atoms with Gasteiger partial charge in [-0.25, -0.2) is 0 Å². The second-order valence-corrected chi connectivity index (χ2v) is 3.79. The first-order valence-corrected chi connectivity index (χ1v) is 5.89. The number of ether oxygens (including phenoxy) is 2. The van der Waals surface area contributed by atoms with Crippen molar-refractivity contribution >= 4 is 11.4 Å². The number of benzene rings is 1. The lowest BCUT2D eigenvalue weighted by atomic mass is 10.2. The molecule has 6 nitrogen and oxygen atoms in total. The smallest absolute Gasteiger partial charge is 0.292 e. The Balaban J connectivity index is 2.35. The third kappa shape index (κ3) is 4.58. The highest BCUT2D eigenvalue weighted by atomic mass is 16.6. The van der Waals surface area contributed by atoms with E-state index in [1.54, 1.807) is 0 Å². The lowest BCUT2D eigenvalue weighted by molar-refractivity contribution is -0.383. The Bertz CT molecular complexity index is 396. The number of nitro benzene ring substituents is 1. The first-order chi connectivity index (χ1) is 8.65. The SMILES string of the molecule is CCCCOCCOc1ccc([N+](=O)[O-])c(N)c1. The van der Waals surface area contributed by atoms with Gasteiger partial charge < -0.3 is 15.2 Å². The van der Waals surface area contributed by atoms with Crippen LogP contribution in [0.4, 0.5) is 11.4 Å². The number of unbranched alkanes of at least 4 members (excludes halogenated alkanes) is 1. The zero-order valence-corrected chi connectivity index (χ0v) is 10.4. The molecule has 0 aliphatic rings. The van der Waals surface area contributed by atoms with Crippen molar-refractivity contribution < 1.29 is 14.4 Å². The Labute approximate surface area is 106 Å². The van der Waals surface area contributed by atoms with Crippen LogP contribution >= 0.6 is 0 Å². The quantitative estimate of drug-likeness (QED) is 0.333. The summed E-state index contributed by atoms with van der Waals surface area (Å²) in [5.74, 6) is 0.511. The number of hydrogen-bond acceptors (Lipinski definition) is 5. The van der Waals surface area contributed by atoms with Gasteiger partial charge in [-0.1, -0.05) is 13.3 Å². The summed E-state index contributed by atoms with van der Waals surface area (Å²) in [5, 5.41) is 10.6. The molecule has 18 heavy (non-hydrogen) atoms. The first kappa shape index (κ1) is 14.2. The molecule has 1 rings (SSSR count). The van der Waals surface area contributed by atoms with Crippen LogP contribution in [0, 0.1) is 10.1 Å². The molecule has 6 heteroatoms. The number of anilines is 1. The molecule has 0 spiro atoms. The minimum atomic E-state index is -0.521. The minimum absolute atomic E-state index is 0.101. The molecule has 0 aromatic heterocycles. The topological polar surface area (TPSA) is 87.6 Å². The van der Waals surface area contributed by atoms with Crippen molar-refractivity contribution in [3.05, 3.63) is 28.3 Å². The Morgan fingerprint density at radius 1 is 1.33 bits per heavy atom. The van der Waals surface area contributed by atoms with E-state index in [1.807, 2.05) is 0 Å². The van der Waals surface area contributed by atoms with Crippen LogP contribution in [0.3, 0.4) is 0 Å². The van der Waals surface area contributed by atoms with Crippen LogP contribution in [-0.4, -0.2) is 24.7 Å². The van der Waals surface area contributed by atoms with E-state index >= 15 is 0 Å². The molecule has 0 saturated heterocycles. The summed E-state index contributed by atoms with van der Waals surface area (Å²) in [6.45, 7) is 3.72. The number of nitrogen functional groups attached to an aromatic ring is 1. The molecule has 0 unspecified atom stereocenters. The highest BCUT2D eigenvalue weighted by Gasteiger charge is 2.11. The van der Waals surface area contributed by atoms with E-state index in [4.69, 9.17) is 15.2 Å². The number of nitrogens with two attached hydrogens (primary N) is 1. The minimum Gasteiger partial charge on any atom is -0.491 e. The third-order valence-corrected chi connectivity index (χ3v) is 2.33. The number of nitrogens with zero attached hydrogens (tertiary/aromatic N) is 1. The predicted octanol–water partition coefficient (Wildman–Crippen LogP) is 2.37. The summed E-state index contributed by atoms with van der Waals surface area (Å²) in [6, 6.07) is 4.31. The maximum Gasteiger partial charge on any atom is 0.292 e. The van der Waals surface area contributed by atoms with Gasteiger partial charge in [0.25, 0.3) is 5.69 Å². The molecule has 0 aliphatic carbocycles. The highest BCUT2D eigenvalue weighted by molar-refractivity contribution is 5.60. The van der Waals surface area contributed by atoms with Gasteiger partial charge >= 0.3 is 0 Å². The van der Waals surface area contributed by atoms with E-state index in [9.17, 15) is 10.1 Å². The third-order valence-electron chi connectivity index (χ3n) is 2.33. The largest absolute Gasteiger partial charge is 0.491 e. The van der Waals surface area contributed by atoms with Gasteiger partial charge in [0.05, 0.1) is 11.5 Å². The fourth-order valence-corrected chi connectivity index (χ4v) is 1.36. The summed E-state index contributed by atoms with van der Waals surface area (Å²) in [7, 11) is 0. The van der Waals surface area contributed by atoms with Crippen LogP contribution in [0.15, 0.2) is 18.2 Å². The van der Waals surface area contributed by atoms with Crippen LogP contribution in [0.5, 0.6) is 5.75 Å². The molecule has 0 heterocycles. The van der Waals surface area contributed by atoms with Crippen molar-refractivity contribution in [1.82, 2.24) is 0 Å². The molecular formula is C12H18N2O4. The molecule has 100 valence electrons. The fourth-order valence-electron chi connectivity index (χ4n) is 1.36. The number of hydrogen-bond donors (Lipinski definition) is 1. The second kappa shape index (κ2) is 7.50. The molecular weight excluding hydrogens is 236 g/mol. The van der Waals surface area contributed by atoms with E-state index in [-0.39, 0.29) is 11.4 Å². The molecule has 0 atom stereocenters. The van der Waals surface area contributed by atoms with Crippen molar-refractivity contribution in [2.75, 3.05) is 25.6 Å². The summed E-state index contributed by atoms with van der Waals surface area (Å²) in [5.41, 5.74) is 5.53. The maximum atomic E-state index is 10.6. The monoisotopic (exact) mass is 254 g/mol. The van der Waals surface area contributed by atoms with Crippen molar-refractivity contribution in [3.63, 3.8) is 0 Å². The van der Waals surface area contributed by atoms with Crippen molar-refractivity contribution in [2.24, 2.45) is 0 Å². The molecule has 0 saturated carbocycles. The normalized spacial score (nSPS) is 10.3. The average Bonchev–Trinajstić information content (AvgIpc) is 2.33. The lowest BCUT2D eigenvalue weighted by Gasteiger charge is -2.07. The van der Waals surface area contributed by atoms with Crippen LogP contribution in [0.1, 0.15) is 19.8 Å². The Hall–Kier alpha value is -1.82. The van der Waals surface area contributed by atoms with Gasteiger partial charge in [-0.2, -0.15) is 0 Å². The van der Waals surface area contributed by atoms with Gasteiger partial charge in [-0.05, 0) is 12.5 Å². The molecule has 0 amide bonds. The Kier molecular flexibility index (Phi) is 5.93. The van der Waals surface area contributed by atoms with E-state index in [1.165, 1.54) is 18.2 Å². The summed E-state index contributed by atoms with van der Waals surface area (Å²) < 4.78 is 10.7.